The minimum Gasteiger partial charge on any atom is -0.394 e. The first-order chi connectivity index (χ1) is 11.1. The quantitative estimate of drug-likeness (QED) is 0.502. The normalized spacial score (nSPS) is 43.9. The van der Waals surface area contributed by atoms with E-state index in [9.17, 15) is 20.4 Å². The molecule has 0 aromatic heterocycles. The second kappa shape index (κ2) is 6.42. The molecule has 3 rings (SSSR count). The van der Waals surface area contributed by atoms with Crippen LogP contribution in [-0.4, -0.2) is 71.0 Å². The predicted octanol–water partition coefficient (Wildman–Crippen LogP) is -1.34. The van der Waals surface area contributed by atoms with E-state index in [4.69, 9.17) is 19.2 Å². The topological polar surface area (TPSA) is 118 Å². The predicted molar refractivity (Wildman–Crippen MR) is 74.9 cm³/mol. The van der Waals surface area contributed by atoms with Crippen LogP contribution in [-0.2, 0) is 24.8 Å². The fourth-order valence-corrected chi connectivity index (χ4v) is 3.09. The first-order valence-corrected chi connectivity index (χ1v) is 7.29. The fourth-order valence-electron chi connectivity index (χ4n) is 3.09. The molecule has 2 unspecified atom stereocenters. The number of aliphatic hydroxyl groups excluding tert-OH is 4. The largest absolute Gasteiger partial charge is 0.394 e. The highest BCUT2D eigenvalue weighted by Gasteiger charge is 2.65. The molecule has 2 saturated heterocycles. The summed E-state index contributed by atoms with van der Waals surface area (Å²) >= 11 is 0. The van der Waals surface area contributed by atoms with Crippen molar-refractivity contribution in [2.75, 3.05) is 13.7 Å². The molecule has 0 aliphatic carbocycles. The van der Waals surface area contributed by atoms with Gasteiger partial charge in [-0.2, -0.15) is 4.89 Å². The lowest BCUT2D eigenvalue weighted by Gasteiger charge is -2.54. The average Bonchev–Trinajstić information content (AvgIpc) is 2.56. The molecule has 8 heteroatoms. The highest BCUT2D eigenvalue weighted by molar-refractivity contribution is 5.28. The van der Waals surface area contributed by atoms with E-state index in [1.54, 1.807) is 24.3 Å². The van der Waals surface area contributed by atoms with Gasteiger partial charge in [0.15, 0.2) is 0 Å². The smallest absolute Gasteiger partial charge is 0.230 e. The number of hydrogen-bond acceptors (Lipinski definition) is 8. The fraction of sp³-hybridized carbons (Fsp3) is 0.600. The van der Waals surface area contributed by atoms with Crippen LogP contribution in [0.1, 0.15) is 5.56 Å². The zero-order valence-electron chi connectivity index (χ0n) is 12.5. The van der Waals surface area contributed by atoms with Gasteiger partial charge in [-0.05, 0) is 5.56 Å². The second-order valence-electron chi connectivity index (χ2n) is 5.66. The molecule has 1 aromatic carbocycles. The van der Waals surface area contributed by atoms with E-state index in [1.807, 2.05) is 6.07 Å². The third-order valence-electron chi connectivity index (χ3n) is 4.38. The molecule has 1 aromatic rings. The Morgan fingerprint density at radius 3 is 2.30 bits per heavy atom. The Morgan fingerprint density at radius 1 is 1.09 bits per heavy atom. The zero-order valence-corrected chi connectivity index (χ0v) is 12.5. The van der Waals surface area contributed by atoms with Gasteiger partial charge in [-0.3, -0.25) is 0 Å². The summed E-state index contributed by atoms with van der Waals surface area (Å²) in [6.45, 7) is -0.523. The van der Waals surface area contributed by atoms with Gasteiger partial charge in [0.2, 0.25) is 11.9 Å². The molecule has 2 fully saturated rings. The molecular formula is C15H20O8. The molecule has 2 heterocycles. The van der Waals surface area contributed by atoms with Crippen LogP contribution in [0.3, 0.4) is 0 Å². The summed E-state index contributed by atoms with van der Waals surface area (Å²) in [5.74, 6) is 0. The van der Waals surface area contributed by atoms with E-state index in [0.717, 1.165) is 0 Å². The van der Waals surface area contributed by atoms with Crippen molar-refractivity contribution in [2.45, 2.75) is 42.4 Å². The summed E-state index contributed by atoms with van der Waals surface area (Å²) in [5.41, 5.74) is -0.716. The van der Waals surface area contributed by atoms with Gasteiger partial charge in [0.05, 0.1) is 6.61 Å². The SMILES string of the molecule is COC1OOC1(c1ccccc1)[C@@H]1O[C@H](CO)[C@H](O)[C@H](O)[C@H]1O. The van der Waals surface area contributed by atoms with Gasteiger partial charge in [-0.15, -0.1) is 0 Å². The number of methoxy groups -OCH3 is 1. The van der Waals surface area contributed by atoms with Crippen molar-refractivity contribution in [3.05, 3.63) is 35.9 Å². The molecule has 0 spiro atoms. The Bertz CT molecular complexity index is 521. The van der Waals surface area contributed by atoms with E-state index < -0.39 is 49.0 Å². The molecule has 8 nitrogen and oxygen atoms in total. The van der Waals surface area contributed by atoms with Crippen molar-refractivity contribution in [3.63, 3.8) is 0 Å². The maximum absolute atomic E-state index is 10.4. The monoisotopic (exact) mass is 328 g/mol. The van der Waals surface area contributed by atoms with Crippen molar-refractivity contribution < 1.29 is 39.7 Å². The van der Waals surface area contributed by atoms with Crippen molar-refractivity contribution in [3.8, 4) is 0 Å². The molecule has 128 valence electrons. The molecule has 0 amide bonds. The maximum atomic E-state index is 10.4. The van der Waals surface area contributed by atoms with Crippen molar-refractivity contribution in [2.24, 2.45) is 0 Å². The van der Waals surface area contributed by atoms with Gasteiger partial charge >= 0.3 is 0 Å². The Labute approximate surface area is 132 Å². The number of benzene rings is 1. The van der Waals surface area contributed by atoms with Gasteiger partial charge in [-0.1, -0.05) is 30.3 Å². The lowest BCUT2D eigenvalue weighted by Crippen LogP contribution is -2.71. The zero-order chi connectivity index (χ0) is 16.6. The molecule has 0 radical (unpaired) electrons. The number of rotatable bonds is 4. The van der Waals surface area contributed by atoms with E-state index in [1.165, 1.54) is 7.11 Å². The van der Waals surface area contributed by atoms with Crippen molar-refractivity contribution in [1.82, 2.24) is 0 Å². The van der Waals surface area contributed by atoms with Crippen LogP contribution >= 0.6 is 0 Å². The van der Waals surface area contributed by atoms with E-state index >= 15 is 0 Å². The summed E-state index contributed by atoms with van der Waals surface area (Å²) in [4.78, 5) is 10.3. The van der Waals surface area contributed by atoms with Gasteiger partial charge in [-0.25, -0.2) is 4.89 Å². The lowest BCUT2D eigenvalue weighted by atomic mass is 9.79. The van der Waals surface area contributed by atoms with E-state index in [0.29, 0.717) is 5.56 Å². The van der Waals surface area contributed by atoms with Crippen LogP contribution in [0.5, 0.6) is 0 Å². The molecule has 0 saturated carbocycles. The van der Waals surface area contributed by atoms with Crippen LogP contribution in [0.25, 0.3) is 0 Å². The molecular weight excluding hydrogens is 308 g/mol. The highest BCUT2D eigenvalue weighted by Crippen LogP contribution is 2.47. The van der Waals surface area contributed by atoms with Gasteiger partial charge in [0, 0.05) is 7.11 Å². The number of hydrogen-bond donors (Lipinski definition) is 4. The standard InChI is InChI=1S/C15H20O8/c1-20-14-15(23-22-14,8-5-3-2-4-6-8)13-12(19)11(18)10(17)9(7-16)21-13/h2-6,9-14,16-19H,7H2,1H3/t9-,10+,11+,12-,13-,14?,15?/m1/s1. The summed E-state index contributed by atoms with van der Waals surface area (Å²) in [6.07, 6.45) is -7.45. The minimum atomic E-state index is -1.51. The van der Waals surface area contributed by atoms with Gasteiger partial charge in [0.1, 0.15) is 30.5 Å². The summed E-state index contributed by atoms with van der Waals surface area (Å²) in [7, 11) is 1.41. The molecule has 0 bridgehead atoms. The first kappa shape index (κ1) is 16.7. The van der Waals surface area contributed by atoms with Gasteiger partial charge in [0.25, 0.3) is 0 Å². The van der Waals surface area contributed by atoms with Crippen LogP contribution in [0.4, 0.5) is 0 Å². The van der Waals surface area contributed by atoms with Crippen LogP contribution < -0.4 is 0 Å². The van der Waals surface area contributed by atoms with Gasteiger partial charge < -0.3 is 29.9 Å². The Balaban J connectivity index is 2.00. The first-order valence-electron chi connectivity index (χ1n) is 7.29. The van der Waals surface area contributed by atoms with Crippen LogP contribution in [0.15, 0.2) is 30.3 Å². The average molecular weight is 328 g/mol. The number of aliphatic hydroxyl groups is 4. The molecule has 2 aliphatic heterocycles. The maximum Gasteiger partial charge on any atom is 0.230 e. The minimum absolute atomic E-state index is 0.523. The van der Waals surface area contributed by atoms with Crippen molar-refractivity contribution >= 4 is 0 Å². The van der Waals surface area contributed by atoms with Crippen LogP contribution in [0, 0.1) is 0 Å². The summed E-state index contributed by atoms with van der Waals surface area (Å²) in [6, 6.07) is 8.85. The van der Waals surface area contributed by atoms with E-state index in [2.05, 4.69) is 0 Å². The molecule has 23 heavy (non-hydrogen) atoms. The highest BCUT2D eigenvalue weighted by atomic mass is 17.3. The Kier molecular flexibility index (Phi) is 4.68. The Hall–Kier alpha value is -1.10. The summed E-state index contributed by atoms with van der Waals surface area (Å²) in [5, 5.41) is 39.7. The molecule has 2 aliphatic rings. The lowest BCUT2D eigenvalue weighted by molar-refractivity contribution is -0.585. The number of ether oxygens (including phenoxy) is 2. The third kappa shape index (κ3) is 2.48. The molecule has 7 atom stereocenters. The van der Waals surface area contributed by atoms with Crippen molar-refractivity contribution in [1.29, 1.82) is 0 Å². The second-order valence-corrected chi connectivity index (χ2v) is 5.66. The van der Waals surface area contributed by atoms with Crippen LogP contribution in [0.2, 0.25) is 0 Å². The van der Waals surface area contributed by atoms with E-state index in [-0.39, 0.29) is 0 Å². The third-order valence-corrected chi connectivity index (χ3v) is 4.38. The summed E-state index contributed by atoms with van der Waals surface area (Å²) < 4.78 is 10.9. The Morgan fingerprint density at radius 2 is 1.78 bits per heavy atom. The molecule has 4 N–H and O–H groups in total.